The fourth-order valence-electron chi connectivity index (χ4n) is 4.24. The van der Waals surface area contributed by atoms with Crippen LogP contribution < -0.4 is 5.32 Å². The van der Waals surface area contributed by atoms with Gasteiger partial charge in [-0.3, -0.25) is 9.59 Å². The Morgan fingerprint density at radius 2 is 1.84 bits per heavy atom. The molecule has 1 aromatic heterocycles. The van der Waals surface area contributed by atoms with Gasteiger partial charge in [0.15, 0.2) is 0 Å². The van der Waals surface area contributed by atoms with Crippen LogP contribution in [0.3, 0.4) is 0 Å². The number of benzene rings is 2. The van der Waals surface area contributed by atoms with Crippen LogP contribution in [0.4, 0.5) is 0 Å². The molecule has 2 aromatic carbocycles. The van der Waals surface area contributed by atoms with Crippen LogP contribution in [0.15, 0.2) is 66.0 Å². The van der Waals surface area contributed by atoms with E-state index < -0.39 is 6.04 Å². The number of rotatable bonds is 7. The molecule has 2 heterocycles. The summed E-state index contributed by atoms with van der Waals surface area (Å²) in [6.45, 7) is 1.97. The SMILES string of the molecule is CN(C)Cc1ccc(-c2ccccc2CNC(=O)[C@@H]2CCCN2C(=O)c2cccs2)cc1. The second-order valence-corrected chi connectivity index (χ2v) is 9.39. The summed E-state index contributed by atoms with van der Waals surface area (Å²) < 4.78 is 0. The summed E-state index contributed by atoms with van der Waals surface area (Å²) in [6.07, 6.45) is 1.56. The standard InChI is InChI=1S/C26H29N3O2S/c1-28(2)18-19-11-13-20(14-12-19)22-8-4-3-7-21(22)17-27-25(30)23-9-5-15-29(23)26(31)24-10-6-16-32-24/h3-4,6-8,10-14,16,23H,5,9,15,17-18H2,1-2H3,(H,27,30)/t23-/m0/s1. The van der Waals surface area contributed by atoms with Gasteiger partial charge in [-0.25, -0.2) is 0 Å². The minimum atomic E-state index is -0.401. The third-order valence-corrected chi connectivity index (χ3v) is 6.64. The van der Waals surface area contributed by atoms with E-state index in [1.807, 2.05) is 35.7 Å². The zero-order chi connectivity index (χ0) is 22.5. The molecule has 3 aromatic rings. The van der Waals surface area contributed by atoms with E-state index in [1.165, 1.54) is 16.9 Å². The second kappa shape index (κ2) is 10.1. The average molecular weight is 448 g/mol. The summed E-state index contributed by atoms with van der Waals surface area (Å²) in [6, 6.07) is 20.0. The Bertz CT molecular complexity index is 1060. The molecule has 1 saturated heterocycles. The van der Waals surface area contributed by atoms with Crippen molar-refractivity contribution in [3.05, 3.63) is 82.0 Å². The van der Waals surface area contributed by atoms with Crippen molar-refractivity contribution in [2.24, 2.45) is 0 Å². The van der Waals surface area contributed by atoms with Gasteiger partial charge < -0.3 is 15.1 Å². The van der Waals surface area contributed by atoms with Gasteiger partial charge in [0.25, 0.3) is 5.91 Å². The molecule has 0 aliphatic carbocycles. The quantitative estimate of drug-likeness (QED) is 0.584. The molecule has 4 rings (SSSR count). The van der Waals surface area contributed by atoms with E-state index in [4.69, 9.17) is 0 Å². The maximum absolute atomic E-state index is 13.0. The molecule has 166 valence electrons. The number of carbonyl (C=O) groups excluding carboxylic acids is 2. The van der Waals surface area contributed by atoms with Crippen LogP contribution in [0.2, 0.25) is 0 Å². The summed E-state index contributed by atoms with van der Waals surface area (Å²) in [5, 5.41) is 4.97. The zero-order valence-corrected chi connectivity index (χ0v) is 19.4. The summed E-state index contributed by atoms with van der Waals surface area (Å²) in [7, 11) is 4.12. The van der Waals surface area contributed by atoms with Crippen molar-refractivity contribution in [1.29, 1.82) is 0 Å². The van der Waals surface area contributed by atoms with Crippen molar-refractivity contribution in [3.8, 4) is 11.1 Å². The van der Waals surface area contributed by atoms with Crippen molar-refractivity contribution < 1.29 is 9.59 Å². The third kappa shape index (κ3) is 5.09. The van der Waals surface area contributed by atoms with Crippen molar-refractivity contribution in [2.45, 2.75) is 32.0 Å². The molecule has 1 fully saturated rings. The van der Waals surface area contributed by atoms with E-state index in [-0.39, 0.29) is 11.8 Å². The van der Waals surface area contributed by atoms with E-state index in [0.29, 0.717) is 24.4 Å². The maximum Gasteiger partial charge on any atom is 0.264 e. The van der Waals surface area contributed by atoms with Gasteiger partial charge in [-0.1, -0.05) is 54.6 Å². The van der Waals surface area contributed by atoms with Crippen LogP contribution in [0.1, 0.15) is 33.6 Å². The van der Waals surface area contributed by atoms with Gasteiger partial charge in [-0.15, -0.1) is 11.3 Å². The van der Waals surface area contributed by atoms with Gasteiger partial charge in [-0.2, -0.15) is 0 Å². The predicted molar refractivity (Wildman–Crippen MR) is 129 cm³/mol. The Morgan fingerprint density at radius 1 is 1.06 bits per heavy atom. The van der Waals surface area contributed by atoms with Crippen LogP contribution in [0.5, 0.6) is 0 Å². The number of carbonyl (C=O) groups is 2. The topological polar surface area (TPSA) is 52.7 Å². The van der Waals surface area contributed by atoms with Gasteiger partial charge >= 0.3 is 0 Å². The van der Waals surface area contributed by atoms with E-state index in [0.717, 1.165) is 29.7 Å². The first-order valence-electron chi connectivity index (χ1n) is 11.0. The summed E-state index contributed by atoms with van der Waals surface area (Å²) in [4.78, 5) is 30.3. The number of nitrogens with zero attached hydrogens (tertiary/aromatic N) is 2. The first kappa shape index (κ1) is 22.2. The third-order valence-electron chi connectivity index (χ3n) is 5.78. The highest BCUT2D eigenvalue weighted by atomic mass is 32.1. The van der Waals surface area contributed by atoms with Crippen LogP contribution in [-0.2, 0) is 17.9 Å². The van der Waals surface area contributed by atoms with Crippen molar-refractivity contribution in [2.75, 3.05) is 20.6 Å². The Kier molecular flexibility index (Phi) is 7.02. The van der Waals surface area contributed by atoms with Gasteiger partial charge in [0.2, 0.25) is 5.91 Å². The van der Waals surface area contributed by atoms with Crippen LogP contribution in [-0.4, -0.2) is 48.3 Å². The van der Waals surface area contributed by atoms with Gasteiger partial charge in [0.05, 0.1) is 4.88 Å². The van der Waals surface area contributed by atoms with Crippen LogP contribution in [0, 0.1) is 0 Å². The van der Waals surface area contributed by atoms with Gasteiger partial charge in [0.1, 0.15) is 6.04 Å². The Hall–Kier alpha value is -2.96. The van der Waals surface area contributed by atoms with E-state index in [1.54, 1.807) is 4.90 Å². The Balaban J connectivity index is 1.44. The lowest BCUT2D eigenvalue weighted by Gasteiger charge is -2.23. The molecule has 2 amide bonds. The molecule has 1 aliphatic heterocycles. The number of amides is 2. The number of thiophene rings is 1. The molecule has 0 radical (unpaired) electrons. The van der Waals surface area contributed by atoms with E-state index >= 15 is 0 Å². The number of hydrogen-bond donors (Lipinski definition) is 1. The van der Waals surface area contributed by atoms with Gasteiger partial charge in [0, 0.05) is 19.6 Å². The fraction of sp³-hybridized carbons (Fsp3) is 0.308. The van der Waals surface area contributed by atoms with Crippen molar-refractivity contribution >= 4 is 23.2 Å². The molecule has 1 atom stereocenters. The zero-order valence-electron chi connectivity index (χ0n) is 18.6. The average Bonchev–Trinajstić information content (AvgIpc) is 3.50. The monoisotopic (exact) mass is 447 g/mol. The summed E-state index contributed by atoms with van der Waals surface area (Å²) >= 11 is 1.42. The lowest BCUT2D eigenvalue weighted by molar-refractivity contribution is -0.125. The molecule has 0 saturated carbocycles. The second-order valence-electron chi connectivity index (χ2n) is 8.44. The minimum Gasteiger partial charge on any atom is -0.350 e. The summed E-state index contributed by atoms with van der Waals surface area (Å²) in [5.74, 6) is -0.126. The smallest absolute Gasteiger partial charge is 0.264 e. The number of nitrogens with one attached hydrogen (secondary N) is 1. The molecular weight excluding hydrogens is 418 g/mol. The van der Waals surface area contributed by atoms with E-state index in [2.05, 4.69) is 54.6 Å². The first-order chi connectivity index (χ1) is 15.5. The summed E-state index contributed by atoms with van der Waals surface area (Å²) in [5.41, 5.74) is 4.58. The molecule has 5 nitrogen and oxygen atoms in total. The molecule has 1 N–H and O–H groups in total. The molecule has 1 aliphatic rings. The predicted octanol–water partition coefficient (Wildman–Crippen LogP) is 4.40. The first-order valence-corrected chi connectivity index (χ1v) is 11.8. The van der Waals surface area contributed by atoms with Crippen LogP contribution >= 0.6 is 11.3 Å². The lowest BCUT2D eigenvalue weighted by Crippen LogP contribution is -2.45. The van der Waals surface area contributed by atoms with Crippen molar-refractivity contribution in [1.82, 2.24) is 15.1 Å². The molecule has 32 heavy (non-hydrogen) atoms. The largest absolute Gasteiger partial charge is 0.350 e. The highest BCUT2D eigenvalue weighted by Crippen LogP contribution is 2.25. The molecule has 0 bridgehead atoms. The Morgan fingerprint density at radius 3 is 2.56 bits per heavy atom. The number of likely N-dealkylation sites (tertiary alicyclic amines) is 1. The Labute approximate surface area is 193 Å². The van der Waals surface area contributed by atoms with Crippen LogP contribution in [0.25, 0.3) is 11.1 Å². The van der Waals surface area contributed by atoms with Crippen molar-refractivity contribution in [3.63, 3.8) is 0 Å². The molecular formula is C26H29N3O2S. The molecule has 0 spiro atoms. The highest BCUT2D eigenvalue weighted by molar-refractivity contribution is 7.12. The molecule has 6 heteroatoms. The number of hydrogen-bond acceptors (Lipinski definition) is 4. The maximum atomic E-state index is 13.0. The fourth-order valence-corrected chi connectivity index (χ4v) is 4.91. The van der Waals surface area contributed by atoms with E-state index in [9.17, 15) is 9.59 Å². The van der Waals surface area contributed by atoms with Gasteiger partial charge in [-0.05, 0) is 60.6 Å². The highest BCUT2D eigenvalue weighted by Gasteiger charge is 2.34. The lowest BCUT2D eigenvalue weighted by atomic mass is 9.98. The minimum absolute atomic E-state index is 0.0455. The normalized spacial score (nSPS) is 15.8. The molecule has 0 unspecified atom stereocenters.